The smallest absolute Gasteiger partial charge is 0.319 e. The van der Waals surface area contributed by atoms with Crippen LogP contribution in [0.15, 0.2) is 41.3 Å². The summed E-state index contributed by atoms with van der Waals surface area (Å²) in [5.74, 6) is 0. The van der Waals surface area contributed by atoms with Gasteiger partial charge in [-0.25, -0.2) is 9.48 Å². The number of aryl methyl sites for hydroxylation is 1. The number of anilines is 1. The maximum absolute atomic E-state index is 11.8. The van der Waals surface area contributed by atoms with E-state index in [2.05, 4.69) is 15.7 Å². The van der Waals surface area contributed by atoms with Crippen molar-refractivity contribution in [1.29, 1.82) is 0 Å². The van der Waals surface area contributed by atoms with Crippen molar-refractivity contribution in [3.63, 3.8) is 0 Å². The van der Waals surface area contributed by atoms with Gasteiger partial charge < -0.3 is 10.6 Å². The third kappa shape index (κ3) is 4.33. The molecule has 0 bridgehead atoms. The largest absolute Gasteiger partial charge is 0.338 e. The highest BCUT2D eigenvalue weighted by Crippen LogP contribution is 2.22. The summed E-state index contributed by atoms with van der Waals surface area (Å²) in [5, 5.41) is 10.0. The highest BCUT2D eigenvalue weighted by Gasteiger charge is 2.06. The minimum Gasteiger partial charge on any atom is -0.338 e. The fourth-order valence-electron chi connectivity index (χ4n) is 1.90. The molecule has 2 amide bonds. The molecule has 0 atom stereocenters. The highest BCUT2D eigenvalue weighted by molar-refractivity contribution is 6.31. The molecule has 0 aliphatic carbocycles. The van der Waals surface area contributed by atoms with Crippen LogP contribution in [0.5, 0.6) is 0 Å². The zero-order valence-electron chi connectivity index (χ0n) is 12.2. The molecule has 0 saturated carbocycles. The number of benzene rings is 1. The molecule has 2 N–H and O–H groups in total. The van der Waals surface area contributed by atoms with E-state index >= 15 is 0 Å². The highest BCUT2D eigenvalue weighted by atomic mass is 35.5. The Morgan fingerprint density at radius 2 is 2.14 bits per heavy atom. The first-order valence-electron chi connectivity index (χ1n) is 6.90. The molecule has 0 radical (unpaired) electrons. The van der Waals surface area contributed by atoms with E-state index in [-0.39, 0.29) is 11.6 Å². The first-order valence-corrected chi connectivity index (χ1v) is 7.28. The summed E-state index contributed by atoms with van der Waals surface area (Å²) < 4.78 is 1.36. The van der Waals surface area contributed by atoms with Crippen LogP contribution in [0, 0.1) is 6.92 Å². The third-order valence-electron chi connectivity index (χ3n) is 3.13. The lowest BCUT2D eigenvalue weighted by molar-refractivity contribution is 0.251. The normalized spacial score (nSPS) is 10.3. The number of carbonyl (C=O) groups excluding carboxylic acids is 1. The lowest BCUT2D eigenvalue weighted by Gasteiger charge is -2.10. The third-order valence-corrected chi connectivity index (χ3v) is 3.54. The molecule has 1 heterocycles. The van der Waals surface area contributed by atoms with Gasteiger partial charge in [-0.15, -0.1) is 0 Å². The van der Waals surface area contributed by atoms with E-state index in [0.717, 1.165) is 5.56 Å². The first kappa shape index (κ1) is 16.0. The molecule has 0 spiro atoms. The summed E-state index contributed by atoms with van der Waals surface area (Å²) in [6.07, 6.45) is 2.17. The van der Waals surface area contributed by atoms with Crippen molar-refractivity contribution in [1.82, 2.24) is 15.1 Å². The second-order valence-electron chi connectivity index (χ2n) is 4.73. The van der Waals surface area contributed by atoms with Gasteiger partial charge in [0.1, 0.15) is 0 Å². The fraction of sp³-hybridized carbons (Fsp3) is 0.267. The van der Waals surface area contributed by atoms with Gasteiger partial charge in [-0.2, -0.15) is 5.10 Å². The summed E-state index contributed by atoms with van der Waals surface area (Å²) in [6, 6.07) is 8.07. The Balaban J connectivity index is 1.78. The average molecular weight is 321 g/mol. The number of hydrogen-bond donors (Lipinski definition) is 2. The van der Waals surface area contributed by atoms with Crippen LogP contribution < -0.4 is 16.2 Å². The van der Waals surface area contributed by atoms with E-state index in [0.29, 0.717) is 30.2 Å². The predicted octanol–water partition coefficient (Wildman–Crippen LogP) is 2.42. The van der Waals surface area contributed by atoms with E-state index in [1.807, 2.05) is 6.92 Å². The number of carbonyl (C=O) groups is 1. The van der Waals surface area contributed by atoms with Crippen LogP contribution in [0.2, 0.25) is 5.02 Å². The lowest BCUT2D eigenvalue weighted by Crippen LogP contribution is -2.31. The maximum atomic E-state index is 11.8. The van der Waals surface area contributed by atoms with Crippen molar-refractivity contribution in [3.8, 4) is 0 Å². The van der Waals surface area contributed by atoms with Gasteiger partial charge in [0.15, 0.2) is 0 Å². The molecule has 1 aromatic carbocycles. The Hall–Kier alpha value is -2.34. The Bertz CT molecular complexity index is 715. The van der Waals surface area contributed by atoms with Gasteiger partial charge in [0, 0.05) is 36.1 Å². The molecular formula is C15H17ClN4O2. The quantitative estimate of drug-likeness (QED) is 0.831. The van der Waals surface area contributed by atoms with Crippen LogP contribution in [-0.4, -0.2) is 22.4 Å². The second kappa shape index (κ2) is 7.61. The summed E-state index contributed by atoms with van der Waals surface area (Å²) >= 11 is 6.00. The van der Waals surface area contributed by atoms with Gasteiger partial charge in [0.25, 0.3) is 5.56 Å². The Morgan fingerprint density at radius 3 is 2.91 bits per heavy atom. The molecule has 7 heteroatoms. The molecule has 0 saturated heterocycles. The van der Waals surface area contributed by atoms with Gasteiger partial charge in [-0.3, -0.25) is 4.79 Å². The molecule has 1 aromatic heterocycles. The molecule has 2 aromatic rings. The number of hydrogen-bond acceptors (Lipinski definition) is 3. The summed E-state index contributed by atoms with van der Waals surface area (Å²) in [7, 11) is 0. The van der Waals surface area contributed by atoms with Crippen LogP contribution in [-0.2, 0) is 6.54 Å². The predicted molar refractivity (Wildman–Crippen MR) is 86.3 cm³/mol. The monoisotopic (exact) mass is 320 g/mol. The fourth-order valence-corrected chi connectivity index (χ4v) is 2.07. The van der Waals surface area contributed by atoms with Crippen molar-refractivity contribution in [2.75, 3.05) is 11.9 Å². The second-order valence-corrected chi connectivity index (χ2v) is 5.14. The van der Waals surface area contributed by atoms with Gasteiger partial charge >= 0.3 is 6.03 Å². The molecule has 0 aliphatic heterocycles. The van der Waals surface area contributed by atoms with Crippen LogP contribution in [0.25, 0.3) is 0 Å². The minimum atomic E-state index is -0.307. The molecule has 2 rings (SSSR count). The first-order chi connectivity index (χ1) is 10.6. The van der Waals surface area contributed by atoms with Gasteiger partial charge in [-0.05, 0) is 37.1 Å². The van der Waals surface area contributed by atoms with Crippen molar-refractivity contribution in [2.24, 2.45) is 0 Å². The van der Waals surface area contributed by atoms with Crippen molar-refractivity contribution in [2.45, 2.75) is 19.9 Å². The topological polar surface area (TPSA) is 76.0 Å². The van der Waals surface area contributed by atoms with E-state index < -0.39 is 0 Å². The summed E-state index contributed by atoms with van der Waals surface area (Å²) in [4.78, 5) is 23.3. The number of halogens is 1. The van der Waals surface area contributed by atoms with Crippen molar-refractivity contribution >= 4 is 23.3 Å². The molecule has 0 unspecified atom stereocenters. The number of amides is 2. The average Bonchev–Trinajstić information content (AvgIpc) is 2.50. The van der Waals surface area contributed by atoms with Gasteiger partial charge in [-0.1, -0.05) is 17.7 Å². The standard InChI is InChI=1S/C15H17ClN4O2/c1-11-12(16)5-2-6-13(11)19-15(22)17-8-4-10-20-14(21)7-3-9-18-20/h2-3,5-7,9H,4,8,10H2,1H3,(H2,17,19,22). The van der Waals surface area contributed by atoms with E-state index in [4.69, 9.17) is 11.6 Å². The Labute approximate surface area is 133 Å². The Kier molecular flexibility index (Phi) is 5.55. The van der Waals surface area contributed by atoms with Crippen molar-refractivity contribution in [3.05, 3.63) is 57.5 Å². The minimum absolute atomic E-state index is 0.151. The number of urea groups is 1. The SMILES string of the molecule is Cc1c(Cl)cccc1NC(=O)NCCCn1ncccc1=O. The number of nitrogens with zero attached hydrogens (tertiary/aromatic N) is 2. The molecule has 22 heavy (non-hydrogen) atoms. The molecular weight excluding hydrogens is 304 g/mol. The van der Waals surface area contributed by atoms with Crippen LogP contribution in [0.4, 0.5) is 10.5 Å². The Morgan fingerprint density at radius 1 is 1.32 bits per heavy atom. The van der Waals surface area contributed by atoms with E-state index in [9.17, 15) is 9.59 Å². The van der Waals surface area contributed by atoms with Crippen LogP contribution in [0.3, 0.4) is 0 Å². The molecule has 116 valence electrons. The summed E-state index contributed by atoms with van der Waals surface area (Å²) in [6.45, 7) is 2.73. The molecule has 0 fully saturated rings. The number of nitrogens with one attached hydrogen (secondary N) is 2. The maximum Gasteiger partial charge on any atom is 0.319 e. The van der Waals surface area contributed by atoms with Crippen LogP contribution >= 0.6 is 11.6 Å². The summed E-state index contributed by atoms with van der Waals surface area (Å²) in [5.41, 5.74) is 1.34. The zero-order chi connectivity index (χ0) is 15.9. The van der Waals surface area contributed by atoms with Gasteiger partial charge in [0.2, 0.25) is 0 Å². The zero-order valence-corrected chi connectivity index (χ0v) is 12.9. The molecule has 6 nitrogen and oxygen atoms in total. The van der Waals surface area contributed by atoms with Crippen LogP contribution in [0.1, 0.15) is 12.0 Å². The van der Waals surface area contributed by atoms with Gasteiger partial charge in [0.05, 0.1) is 0 Å². The molecule has 0 aliphatic rings. The van der Waals surface area contributed by atoms with Crippen molar-refractivity contribution < 1.29 is 4.79 Å². The number of aromatic nitrogens is 2. The number of rotatable bonds is 5. The van der Waals surface area contributed by atoms with E-state index in [1.54, 1.807) is 30.5 Å². The van der Waals surface area contributed by atoms with E-state index in [1.165, 1.54) is 10.7 Å². The lowest BCUT2D eigenvalue weighted by atomic mass is 10.2.